The van der Waals surface area contributed by atoms with Crippen molar-refractivity contribution in [3.8, 4) is 11.8 Å². The van der Waals surface area contributed by atoms with Gasteiger partial charge in [-0.25, -0.2) is 4.98 Å². The summed E-state index contributed by atoms with van der Waals surface area (Å²) in [6, 6.07) is 0. The van der Waals surface area contributed by atoms with Gasteiger partial charge in [0.2, 0.25) is 0 Å². The first-order chi connectivity index (χ1) is 6.09. The van der Waals surface area contributed by atoms with Crippen LogP contribution in [0.3, 0.4) is 0 Å². The second kappa shape index (κ2) is 4.11. The van der Waals surface area contributed by atoms with Gasteiger partial charge in [0.15, 0.2) is 6.10 Å². The molecule has 1 atom stereocenters. The van der Waals surface area contributed by atoms with E-state index in [0.717, 1.165) is 0 Å². The summed E-state index contributed by atoms with van der Waals surface area (Å²) >= 11 is 0. The first-order valence-electron chi connectivity index (χ1n) is 4.26. The smallest absolute Gasteiger partial charge is 0.158 e. The Morgan fingerprint density at radius 3 is 2.62 bits per heavy atom. The molecule has 1 rings (SSSR count). The molecule has 0 aliphatic heterocycles. The van der Waals surface area contributed by atoms with Gasteiger partial charge in [0.1, 0.15) is 0 Å². The van der Waals surface area contributed by atoms with E-state index in [4.69, 9.17) is 0 Å². The Morgan fingerprint density at radius 2 is 2.15 bits per heavy atom. The molecule has 0 aliphatic carbocycles. The van der Waals surface area contributed by atoms with E-state index in [1.807, 2.05) is 20.9 Å². The van der Waals surface area contributed by atoms with Gasteiger partial charge in [0, 0.05) is 19.2 Å². The topological polar surface area (TPSA) is 38.0 Å². The fourth-order valence-electron chi connectivity index (χ4n) is 0.894. The predicted octanol–water partition coefficient (Wildman–Crippen LogP) is 1.11. The molecule has 0 aromatic carbocycles. The van der Waals surface area contributed by atoms with Crippen molar-refractivity contribution in [1.82, 2.24) is 9.55 Å². The third kappa shape index (κ3) is 2.92. The van der Waals surface area contributed by atoms with Crippen LogP contribution in [0.1, 0.15) is 25.6 Å². The Bertz CT molecular complexity index is 330. The molecular weight excluding hydrogens is 164 g/mol. The van der Waals surface area contributed by atoms with Gasteiger partial charge in [-0.2, -0.15) is 0 Å². The maximum atomic E-state index is 9.53. The average molecular weight is 178 g/mol. The molecule has 3 nitrogen and oxygen atoms in total. The highest BCUT2D eigenvalue weighted by molar-refractivity contribution is 5.16. The van der Waals surface area contributed by atoms with Gasteiger partial charge >= 0.3 is 0 Å². The molecule has 0 bridgehead atoms. The van der Waals surface area contributed by atoms with Crippen molar-refractivity contribution in [1.29, 1.82) is 0 Å². The third-order valence-corrected chi connectivity index (χ3v) is 1.51. The Kier molecular flexibility index (Phi) is 3.10. The molecule has 0 amide bonds. The van der Waals surface area contributed by atoms with E-state index in [1.165, 1.54) is 0 Å². The highest BCUT2D eigenvalue weighted by Gasteiger charge is 2.05. The molecule has 1 N–H and O–H groups in total. The summed E-state index contributed by atoms with van der Waals surface area (Å²) in [7, 11) is 1.86. The third-order valence-electron chi connectivity index (χ3n) is 1.51. The zero-order valence-corrected chi connectivity index (χ0v) is 8.15. The van der Waals surface area contributed by atoms with E-state index in [0.29, 0.717) is 5.69 Å². The number of imidazole rings is 1. The van der Waals surface area contributed by atoms with E-state index in [9.17, 15) is 5.11 Å². The van der Waals surface area contributed by atoms with Gasteiger partial charge in [-0.1, -0.05) is 25.7 Å². The lowest BCUT2D eigenvalue weighted by Gasteiger charge is -1.97. The lowest BCUT2D eigenvalue weighted by molar-refractivity contribution is 0.233. The largest absolute Gasteiger partial charge is 0.374 e. The van der Waals surface area contributed by atoms with E-state index >= 15 is 0 Å². The molecule has 1 aromatic rings. The Labute approximate surface area is 78.4 Å². The van der Waals surface area contributed by atoms with E-state index < -0.39 is 6.10 Å². The molecule has 70 valence electrons. The lowest BCUT2D eigenvalue weighted by Crippen LogP contribution is -1.94. The van der Waals surface area contributed by atoms with Crippen molar-refractivity contribution < 1.29 is 5.11 Å². The van der Waals surface area contributed by atoms with Crippen LogP contribution in [0.5, 0.6) is 0 Å². The van der Waals surface area contributed by atoms with E-state index in [2.05, 4.69) is 16.8 Å². The first-order valence-corrected chi connectivity index (χ1v) is 4.26. The zero-order chi connectivity index (χ0) is 9.84. The summed E-state index contributed by atoms with van der Waals surface area (Å²) in [5.74, 6) is 5.92. The van der Waals surface area contributed by atoms with Crippen molar-refractivity contribution in [2.75, 3.05) is 0 Å². The van der Waals surface area contributed by atoms with Gasteiger partial charge in [-0.15, -0.1) is 0 Å². The van der Waals surface area contributed by atoms with Crippen molar-refractivity contribution in [2.45, 2.75) is 20.0 Å². The van der Waals surface area contributed by atoms with Crippen molar-refractivity contribution in [2.24, 2.45) is 13.0 Å². The minimum Gasteiger partial charge on any atom is -0.374 e. The molecule has 1 heterocycles. The first kappa shape index (κ1) is 9.82. The van der Waals surface area contributed by atoms with Gasteiger partial charge in [0.25, 0.3) is 0 Å². The van der Waals surface area contributed by atoms with Crippen LogP contribution >= 0.6 is 0 Å². The van der Waals surface area contributed by atoms with E-state index in [-0.39, 0.29) is 5.92 Å². The molecule has 0 saturated heterocycles. The van der Waals surface area contributed by atoms with Crippen LogP contribution in [-0.2, 0) is 7.05 Å². The predicted molar refractivity (Wildman–Crippen MR) is 50.8 cm³/mol. The van der Waals surface area contributed by atoms with Crippen LogP contribution in [0.4, 0.5) is 0 Å². The van der Waals surface area contributed by atoms with Crippen LogP contribution in [-0.4, -0.2) is 14.7 Å². The summed E-state index contributed by atoms with van der Waals surface area (Å²) in [5, 5.41) is 9.53. The van der Waals surface area contributed by atoms with Crippen molar-refractivity contribution in [3.63, 3.8) is 0 Å². The fraction of sp³-hybridized carbons (Fsp3) is 0.500. The summed E-state index contributed by atoms with van der Waals surface area (Å²) in [6.45, 7) is 3.97. The molecule has 0 unspecified atom stereocenters. The van der Waals surface area contributed by atoms with Crippen LogP contribution in [0.15, 0.2) is 12.5 Å². The number of hydrogen-bond donors (Lipinski definition) is 1. The zero-order valence-electron chi connectivity index (χ0n) is 8.15. The number of aromatic nitrogens is 2. The SMILES string of the molecule is CC(C)C#C[C@H](O)c1cn(C)cn1. The number of hydrogen-bond acceptors (Lipinski definition) is 2. The molecule has 0 saturated carbocycles. The normalized spacial score (nSPS) is 12.4. The number of aliphatic hydroxyl groups excluding tert-OH is 1. The lowest BCUT2D eigenvalue weighted by atomic mass is 10.2. The van der Waals surface area contributed by atoms with E-state index in [1.54, 1.807) is 17.1 Å². The number of rotatable bonds is 1. The highest BCUT2D eigenvalue weighted by Crippen LogP contribution is 2.07. The number of aliphatic hydroxyl groups is 1. The summed E-state index contributed by atoms with van der Waals surface area (Å²) < 4.78 is 1.79. The van der Waals surface area contributed by atoms with Crippen LogP contribution < -0.4 is 0 Å². The number of nitrogens with zero attached hydrogens (tertiary/aromatic N) is 2. The van der Waals surface area contributed by atoms with Gasteiger partial charge < -0.3 is 9.67 Å². The summed E-state index contributed by atoms with van der Waals surface area (Å²) in [4.78, 5) is 4.00. The second-order valence-corrected chi connectivity index (χ2v) is 3.31. The maximum absolute atomic E-state index is 9.53. The number of aryl methyl sites for hydroxylation is 1. The molecule has 0 spiro atoms. The molecule has 0 aliphatic rings. The molecule has 3 heteroatoms. The van der Waals surface area contributed by atoms with Crippen LogP contribution in [0.25, 0.3) is 0 Å². The van der Waals surface area contributed by atoms with Crippen molar-refractivity contribution >= 4 is 0 Å². The summed E-state index contributed by atoms with van der Waals surface area (Å²) in [6.07, 6.45) is 2.65. The average Bonchev–Trinajstić information content (AvgIpc) is 2.47. The Morgan fingerprint density at radius 1 is 1.46 bits per heavy atom. The van der Waals surface area contributed by atoms with Gasteiger partial charge in [-0.3, -0.25) is 0 Å². The second-order valence-electron chi connectivity index (χ2n) is 3.31. The molecular formula is C10H14N2O. The standard InChI is InChI=1S/C10H14N2O/c1-8(2)4-5-10(13)9-6-12(3)7-11-9/h6-8,10,13H,1-3H3/t10-/m0/s1. The van der Waals surface area contributed by atoms with Crippen molar-refractivity contribution in [3.05, 3.63) is 18.2 Å². The fourth-order valence-corrected chi connectivity index (χ4v) is 0.894. The highest BCUT2D eigenvalue weighted by atomic mass is 16.3. The minimum atomic E-state index is -0.761. The molecule has 0 radical (unpaired) electrons. The Balaban J connectivity index is 2.70. The maximum Gasteiger partial charge on any atom is 0.158 e. The molecule has 13 heavy (non-hydrogen) atoms. The monoisotopic (exact) mass is 178 g/mol. The quantitative estimate of drug-likeness (QED) is 0.654. The molecule has 0 fully saturated rings. The molecule has 1 aromatic heterocycles. The van der Waals surface area contributed by atoms with Gasteiger partial charge in [-0.05, 0) is 0 Å². The van der Waals surface area contributed by atoms with Crippen LogP contribution in [0, 0.1) is 17.8 Å². The Hall–Kier alpha value is -1.27. The van der Waals surface area contributed by atoms with Gasteiger partial charge in [0.05, 0.1) is 12.0 Å². The minimum absolute atomic E-state index is 0.276. The van der Waals surface area contributed by atoms with Crippen LogP contribution in [0.2, 0.25) is 0 Å². The summed E-state index contributed by atoms with van der Waals surface area (Å²) in [5.41, 5.74) is 0.607.